The number of rotatable bonds is 7. The van der Waals surface area contributed by atoms with Crippen molar-refractivity contribution in [3.63, 3.8) is 0 Å². The number of fused-ring (bicyclic) bond motifs is 6. The Bertz CT molecular complexity index is 3260. The smallest absolute Gasteiger partial charge is 0.143 e. The molecule has 0 atom stereocenters. The number of furan rings is 1. The molecule has 2 heteroatoms. The molecule has 0 saturated carbocycles. The van der Waals surface area contributed by atoms with Crippen LogP contribution in [-0.4, -0.2) is 0 Å². The van der Waals surface area contributed by atoms with Gasteiger partial charge in [0.05, 0.1) is 0 Å². The van der Waals surface area contributed by atoms with Gasteiger partial charge in [-0.1, -0.05) is 176 Å². The molecule has 11 rings (SSSR count). The van der Waals surface area contributed by atoms with Gasteiger partial charge < -0.3 is 9.32 Å². The molecule has 11 aromatic rings. The first-order chi connectivity index (χ1) is 28.7. The molecule has 1 heterocycles. The number of hydrogen-bond acceptors (Lipinski definition) is 2. The quantitative estimate of drug-likeness (QED) is 0.151. The van der Waals surface area contributed by atoms with Gasteiger partial charge >= 0.3 is 0 Å². The van der Waals surface area contributed by atoms with E-state index in [0.717, 1.165) is 61.3 Å². The van der Waals surface area contributed by atoms with E-state index in [-0.39, 0.29) is 0 Å². The lowest BCUT2D eigenvalue weighted by molar-refractivity contribution is 0.670. The SMILES string of the molecule is c1ccc(-c2ccc(N(c3ccc(-c4ccc5oc6c(-c7ccccc7)cccc6c5c4)cc3)c3ccc4c(ccc5ccccc54)c3)cc2-c2ccccc2)cc1. The second-order valence-electron chi connectivity index (χ2n) is 14.9. The predicted octanol–water partition coefficient (Wildman–Crippen LogP) is 16.0. The molecule has 0 saturated heterocycles. The van der Waals surface area contributed by atoms with Crippen molar-refractivity contribution in [2.45, 2.75) is 0 Å². The van der Waals surface area contributed by atoms with Crippen LogP contribution < -0.4 is 4.90 Å². The summed E-state index contributed by atoms with van der Waals surface area (Å²) in [7, 11) is 0. The third-order valence-corrected chi connectivity index (χ3v) is 11.5. The van der Waals surface area contributed by atoms with E-state index in [9.17, 15) is 0 Å². The summed E-state index contributed by atoms with van der Waals surface area (Å²) < 4.78 is 6.50. The minimum absolute atomic E-state index is 0.891. The Morgan fingerprint density at radius 1 is 0.276 bits per heavy atom. The standard InChI is InChI=1S/C56H37NO/c1-4-13-39(14-5-1)49-32-31-47(37-53(49)41-17-8-3-9-18-41)57(46-30-33-50-44(35-46)24-23-42-19-10-11-20-48(42)50)45-28-25-38(26-29-45)43-27-34-55-54(36-43)52-22-12-21-51(56(52)58-55)40-15-6-2-7-16-40/h1-37H. The van der Waals surface area contributed by atoms with Crippen molar-refractivity contribution in [3.8, 4) is 44.5 Å². The van der Waals surface area contributed by atoms with Crippen molar-refractivity contribution < 1.29 is 4.42 Å². The summed E-state index contributed by atoms with van der Waals surface area (Å²) in [5, 5.41) is 7.21. The van der Waals surface area contributed by atoms with Crippen LogP contribution in [0.15, 0.2) is 229 Å². The molecule has 0 amide bonds. The zero-order chi connectivity index (χ0) is 38.4. The van der Waals surface area contributed by atoms with Crippen LogP contribution in [0.4, 0.5) is 17.1 Å². The maximum Gasteiger partial charge on any atom is 0.143 e. The van der Waals surface area contributed by atoms with E-state index in [2.05, 4.69) is 223 Å². The van der Waals surface area contributed by atoms with E-state index >= 15 is 0 Å². The van der Waals surface area contributed by atoms with Crippen LogP contribution in [0.2, 0.25) is 0 Å². The average Bonchev–Trinajstić information content (AvgIpc) is 3.68. The molecule has 2 nitrogen and oxygen atoms in total. The van der Waals surface area contributed by atoms with Crippen molar-refractivity contribution in [1.82, 2.24) is 0 Å². The molecule has 0 spiro atoms. The molecule has 0 bridgehead atoms. The van der Waals surface area contributed by atoms with Gasteiger partial charge in [0.25, 0.3) is 0 Å². The van der Waals surface area contributed by atoms with Crippen LogP contribution in [0.3, 0.4) is 0 Å². The van der Waals surface area contributed by atoms with E-state index in [0.29, 0.717) is 0 Å². The second kappa shape index (κ2) is 14.1. The van der Waals surface area contributed by atoms with E-state index in [4.69, 9.17) is 4.42 Å². The lowest BCUT2D eigenvalue weighted by Gasteiger charge is -2.27. The van der Waals surface area contributed by atoms with Crippen LogP contribution in [0, 0.1) is 0 Å². The molecular formula is C56H37NO. The van der Waals surface area contributed by atoms with Crippen LogP contribution in [0.1, 0.15) is 0 Å². The topological polar surface area (TPSA) is 16.4 Å². The van der Waals surface area contributed by atoms with E-state index in [1.54, 1.807) is 0 Å². The van der Waals surface area contributed by atoms with E-state index in [1.165, 1.54) is 43.8 Å². The summed E-state index contributed by atoms with van der Waals surface area (Å²) in [5.74, 6) is 0. The Balaban J connectivity index is 1.04. The van der Waals surface area contributed by atoms with Crippen molar-refractivity contribution in [2.75, 3.05) is 4.90 Å². The average molecular weight is 740 g/mol. The Labute approximate surface area is 337 Å². The van der Waals surface area contributed by atoms with Gasteiger partial charge in [0, 0.05) is 33.4 Å². The van der Waals surface area contributed by atoms with Gasteiger partial charge in [-0.3, -0.25) is 0 Å². The minimum atomic E-state index is 0.891. The summed E-state index contributed by atoms with van der Waals surface area (Å²) in [4.78, 5) is 2.39. The first-order valence-electron chi connectivity index (χ1n) is 19.8. The summed E-state index contributed by atoms with van der Waals surface area (Å²) in [6.07, 6.45) is 0. The van der Waals surface area contributed by atoms with Crippen molar-refractivity contribution in [3.05, 3.63) is 224 Å². The minimum Gasteiger partial charge on any atom is -0.455 e. The molecule has 58 heavy (non-hydrogen) atoms. The number of para-hydroxylation sites is 1. The van der Waals surface area contributed by atoms with Gasteiger partial charge in [0.2, 0.25) is 0 Å². The van der Waals surface area contributed by atoms with Gasteiger partial charge in [-0.05, 0) is 109 Å². The first kappa shape index (κ1) is 33.6. The third-order valence-electron chi connectivity index (χ3n) is 11.5. The highest BCUT2D eigenvalue weighted by Crippen LogP contribution is 2.43. The highest BCUT2D eigenvalue weighted by atomic mass is 16.3. The summed E-state index contributed by atoms with van der Waals surface area (Å²) in [6, 6.07) is 80.7. The summed E-state index contributed by atoms with van der Waals surface area (Å²) in [6.45, 7) is 0. The largest absolute Gasteiger partial charge is 0.455 e. The van der Waals surface area contributed by atoms with E-state index in [1.807, 2.05) is 6.07 Å². The number of benzene rings is 10. The van der Waals surface area contributed by atoms with Gasteiger partial charge in [-0.25, -0.2) is 0 Å². The second-order valence-corrected chi connectivity index (χ2v) is 14.9. The first-order valence-corrected chi connectivity index (χ1v) is 19.8. The number of nitrogens with zero attached hydrogens (tertiary/aromatic N) is 1. The fraction of sp³-hybridized carbons (Fsp3) is 0. The maximum atomic E-state index is 6.50. The Hall–Kier alpha value is -7.68. The molecule has 0 fully saturated rings. The maximum absolute atomic E-state index is 6.50. The summed E-state index contributed by atoms with van der Waals surface area (Å²) >= 11 is 0. The molecule has 0 aliphatic rings. The molecule has 0 unspecified atom stereocenters. The van der Waals surface area contributed by atoms with Gasteiger partial charge in [0.1, 0.15) is 11.2 Å². The van der Waals surface area contributed by atoms with Gasteiger partial charge in [-0.15, -0.1) is 0 Å². The highest BCUT2D eigenvalue weighted by Gasteiger charge is 2.18. The Kier molecular flexibility index (Phi) is 8.19. The van der Waals surface area contributed by atoms with Gasteiger partial charge in [-0.2, -0.15) is 0 Å². The van der Waals surface area contributed by atoms with Crippen molar-refractivity contribution >= 4 is 60.5 Å². The molecule has 10 aromatic carbocycles. The molecule has 0 aliphatic heterocycles. The summed E-state index contributed by atoms with van der Waals surface area (Å²) in [5.41, 5.74) is 14.4. The lowest BCUT2D eigenvalue weighted by Crippen LogP contribution is -2.10. The Morgan fingerprint density at radius 3 is 1.60 bits per heavy atom. The molecular weight excluding hydrogens is 703 g/mol. The number of anilines is 3. The van der Waals surface area contributed by atoms with Crippen LogP contribution in [0.5, 0.6) is 0 Å². The molecule has 0 N–H and O–H groups in total. The predicted molar refractivity (Wildman–Crippen MR) is 245 cm³/mol. The monoisotopic (exact) mass is 739 g/mol. The number of hydrogen-bond donors (Lipinski definition) is 0. The molecule has 272 valence electrons. The fourth-order valence-corrected chi connectivity index (χ4v) is 8.61. The van der Waals surface area contributed by atoms with Crippen molar-refractivity contribution in [2.24, 2.45) is 0 Å². The third kappa shape index (κ3) is 5.91. The normalized spacial score (nSPS) is 11.4. The highest BCUT2D eigenvalue weighted by molar-refractivity contribution is 6.11. The van der Waals surface area contributed by atoms with Crippen LogP contribution >= 0.6 is 0 Å². The van der Waals surface area contributed by atoms with Crippen LogP contribution in [-0.2, 0) is 0 Å². The molecule has 0 aliphatic carbocycles. The van der Waals surface area contributed by atoms with Crippen LogP contribution in [0.25, 0.3) is 88.0 Å². The zero-order valence-electron chi connectivity index (χ0n) is 31.7. The zero-order valence-corrected chi connectivity index (χ0v) is 31.7. The van der Waals surface area contributed by atoms with Gasteiger partial charge in [0.15, 0.2) is 0 Å². The van der Waals surface area contributed by atoms with Crippen molar-refractivity contribution in [1.29, 1.82) is 0 Å². The Morgan fingerprint density at radius 2 is 0.845 bits per heavy atom. The van der Waals surface area contributed by atoms with E-state index < -0.39 is 0 Å². The fourth-order valence-electron chi connectivity index (χ4n) is 8.61. The molecule has 1 aromatic heterocycles. The molecule has 0 radical (unpaired) electrons. The lowest BCUT2D eigenvalue weighted by atomic mass is 9.93.